The molecule has 0 amide bonds. The first-order valence-corrected chi connectivity index (χ1v) is 8.77. The van der Waals surface area contributed by atoms with E-state index in [9.17, 15) is 19.8 Å². The number of Topliss-reactive ketones (excluding diaryl/α,β-unsaturated/α-hetero) is 1. The number of aromatic carboxylic acids is 1. The van der Waals surface area contributed by atoms with Crippen LogP contribution in [0.1, 0.15) is 48.1 Å². The molecule has 0 unspecified atom stereocenters. The molecule has 0 bridgehead atoms. The van der Waals surface area contributed by atoms with Crippen LogP contribution >= 0.6 is 0 Å². The van der Waals surface area contributed by atoms with Crippen molar-refractivity contribution in [2.75, 3.05) is 0 Å². The number of hydrogen-bond acceptors (Lipinski definition) is 7. The van der Waals surface area contributed by atoms with Gasteiger partial charge in [0.2, 0.25) is 11.7 Å². The summed E-state index contributed by atoms with van der Waals surface area (Å²) in [6, 6.07) is 3.12. The molecule has 146 valence electrons. The Morgan fingerprint density at radius 1 is 1.25 bits per heavy atom. The smallest absolute Gasteiger partial charge is 0.337 e. The lowest BCUT2D eigenvalue weighted by Gasteiger charge is -2.05. The van der Waals surface area contributed by atoms with Gasteiger partial charge in [-0.05, 0) is 31.5 Å². The van der Waals surface area contributed by atoms with Crippen LogP contribution in [0.15, 0.2) is 35.2 Å². The minimum Gasteiger partial charge on any atom is -0.506 e. The number of carboxylic acid groups (broad SMARTS) is 1. The van der Waals surface area contributed by atoms with Crippen molar-refractivity contribution in [3.63, 3.8) is 0 Å². The van der Waals surface area contributed by atoms with Crippen LogP contribution in [0.2, 0.25) is 0 Å². The summed E-state index contributed by atoms with van der Waals surface area (Å²) in [7, 11) is 0. The average molecular weight is 384 g/mol. The quantitative estimate of drug-likeness (QED) is 0.606. The van der Waals surface area contributed by atoms with Crippen molar-refractivity contribution in [2.24, 2.45) is 0 Å². The van der Waals surface area contributed by atoms with Gasteiger partial charge in [-0.2, -0.15) is 4.98 Å². The van der Waals surface area contributed by atoms with E-state index in [2.05, 4.69) is 15.1 Å². The average Bonchev–Trinajstić information content (AvgIpc) is 3.28. The van der Waals surface area contributed by atoms with Gasteiger partial charge >= 0.3 is 5.97 Å². The summed E-state index contributed by atoms with van der Waals surface area (Å²) in [6.45, 7) is 3.88. The molecular formula is C19H20N4O5. The fraction of sp³-hybridized carbons (Fsp3) is 0.316. The van der Waals surface area contributed by atoms with Crippen molar-refractivity contribution in [3.05, 3.63) is 47.7 Å². The second-order valence-corrected chi connectivity index (χ2v) is 6.67. The number of carbonyl (C=O) groups is 2. The lowest BCUT2D eigenvalue weighted by atomic mass is 10.0. The van der Waals surface area contributed by atoms with E-state index in [0.29, 0.717) is 11.3 Å². The maximum absolute atomic E-state index is 12.3. The Labute approximate surface area is 160 Å². The first-order chi connectivity index (χ1) is 13.3. The summed E-state index contributed by atoms with van der Waals surface area (Å²) in [5, 5.41) is 22.4. The van der Waals surface area contributed by atoms with Crippen molar-refractivity contribution in [3.8, 4) is 17.3 Å². The zero-order valence-corrected chi connectivity index (χ0v) is 15.5. The van der Waals surface area contributed by atoms with E-state index in [1.165, 1.54) is 12.3 Å². The van der Waals surface area contributed by atoms with Crippen LogP contribution in [0.25, 0.3) is 11.5 Å². The van der Waals surface area contributed by atoms with Crippen molar-refractivity contribution in [1.82, 2.24) is 19.7 Å². The number of carbonyl (C=O) groups excluding carboxylic acids is 1. The van der Waals surface area contributed by atoms with E-state index in [4.69, 9.17) is 4.52 Å². The summed E-state index contributed by atoms with van der Waals surface area (Å²) in [6.07, 6.45) is 4.95. The summed E-state index contributed by atoms with van der Waals surface area (Å²) in [5.74, 6) is -0.581. The highest BCUT2D eigenvalue weighted by atomic mass is 16.5. The molecule has 0 radical (unpaired) electrons. The van der Waals surface area contributed by atoms with Crippen molar-refractivity contribution in [1.29, 1.82) is 0 Å². The summed E-state index contributed by atoms with van der Waals surface area (Å²) >= 11 is 0. The zero-order valence-electron chi connectivity index (χ0n) is 15.5. The van der Waals surface area contributed by atoms with Crippen molar-refractivity contribution < 1.29 is 24.3 Å². The highest BCUT2D eigenvalue weighted by Crippen LogP contribution is 2.18. The Balaban J connectivity index is 1.62. The molecule has 3 aromatic heterocycles. The lowest BCUT2D eigenvalue weighted by Crippen LogP contribution is -2.07. The number of aromatic nitrogens is 4. The second-order valence-electron chi connectivity index (χ2n) is 6.67. The molecule has 0 saturated heterocycles. The molecule has 0 aliphatic heterocycles. The SMILES string of the molecule is CC(C)n1cc(CC(=O)CCc2nc(-c3ccc(O)cn3)no2)c(C(=O)O)c1. The van der Waals surface area contributed by atoms with Crippen LogP contribution in [0.4, 0.5) is 0 Å². The van der Waals surface area contributed by atoms with E-state index >= 15 is 0 Å². The van der Waals surface area contributed by atoms with Crippen LogP contribution in [0, 0.1) is 0 Å². The molecule has 0 saturated carbocycles. The molecule has 0 aromatic carbocycles. The maximum atomic E-state index is 12.3. The van der Waals surface area contributed by atoms with Gasteiger partial charge in [0.1, 0.15) is 17.2 Å². The first kappa shape index (κ1) is 19.3. The fourth-order valence-corrected chi connectivity index (χ4v) is 2.68. The molecule has 9 heteroatoms. The minimum absolute atomic E-state index is 0.0296. The molecular weight excluding hydrogens is 364 g/mol. The Morgan fingerprint density at radius 3 is 2.68 bits per heavy atom. The van der Waals surface area contributed by atoms with Crippen LogP contribution in [-0.4, -0.2) is 41.7 Å². The molecule has 3 rings (SSSR count). The largest absolute Gasteiger partial charge is 0.506 e. The van der Waals surface area contributed by atoms with Gasteiger partial charge in [0.05, 0.1) is 11.8 Å². The van der Waals surface area contributed by atoms with Crippen LogP contribution < -0.4 is 0 Å². The first-order valence-electron chi connectivity index (χ1n) is 8.77. The minimum atomic E-state index is -1.05. The number of aryl methyl sites for hydroxylation is 1. The predicted octanol–water partition coefficient (Wildman–Crippen LogP) is 2.66. The molecule has 0 fully saturated rings. The third kappa shape index (κ3) is 4.43. The fourth-order valence-electron chi connectivity index (χ4n) is 2.68. The van der Waals surface area contributed by atoms with Crippen molar-refractivity contribution in [2.45, 2.75) is 39.2 Å². The van der Waals surface area contributed by atoms with E-state index in [0.717, 1.165) is 0 Å². The standard InChI is InChI=1S/C19H20N4O5/c1-11(2)23-9-12(15(10-23)19(26)27)7-13(24)4-6-17-21-18(22-28-17)16-5-3-14(25)8-20-16/h3,5,8-11,25H,4,6-7H2,1-2H3,(H,26,27). The third-order valence-corrected chi connectivity index (χ3v) is 4.21. The number of ketones is 1. The van der Waals surface area contributed by atoms with Gasteiger partial charge in [0.25, 0.3) is 0 Å². The number of rotatable bonds is 8. The summed E-state index contributed by atoms with van der Waals surface area (Å²) in [4.78, 5) is 31.9. The number of nitrogens with zero attached hydrogens (tertiary/aromatic N) is 4. The monoisotopic (exact) mass is 384 g/mol. The summed E-state index contributed by atoms with van der Waals surface area (Å²) in [5.41, 5.74) is 1.08. The molecule has 9 nitrogen and oxygen atoms in total. The van der Waals surface area contributed by atoms with E-state index in [1.807, 2.05) is 13.8 Å². The third-order valence-electron chi connectivity index (χ3n) is 4.21. The van der Waals surface area contributed by atoms with Crippen molar-refractivity contribution >= 4 is 11.8 Å². The molecule has 3 heterocycles. The molecule has 28 heavy (non-hydrogen) atoms. The van der Waals surface area contributed by atoms with Gasteiger partial charge in [0.15, 0.2) is 0 Å². The highest BCUT2D eigenvalue weighted by Gasteiger charge is 2.18. The maximum Gasteiger partial charge on any atom is 0.337 e. The van der Waals surface area contributed by atoms with Gasteiger partial charge in [-0.1, -0.05) is 5.16 Å². The number of hydrogen-bond donors (Lipinski definition) is 2. The van der Waals surface area contributed by atoms with Gasteiger partial charge in [-0.25, -0.2) is 9.78 Å². The number of carboxylic acids is 1. The van der Waals surface area contributed by atoms with Crippen LogP contribution in [-0.2, 0) is 17.6 Å². The normalized spacial score (nSPS) is 11.1. The molecule has 0 aliphatic carbocycles. The van der Waals surface area contributed by atoms with E-state index < -0.39 is 5.97 Å². The molecule has 0 atom stereocenters. The van der Waals surface area contributed by atoms with Crippen LogP contribution in [0.3, 0.4) is 0 Å². The number of pyridine rings is 1. The van der Waals surface area contributed by atoms with E-state index in [-0.39, 0.29) is 54.1 Å². The second kappa shape index (κ2) is 8.03. The Kier molecular flexibility index (Phi) is 5.53. The molecule has 3 aromatic rings. The van der Waals surface area contributed by atoms with Crippen LogP contribution in [0.5, 0.6) is 5.75 Å². The Morgan fingerprint density at radius 2 is 2.04 bits per heavy atom. The number of aromatic hydroxyl groups is 1. The Hall–Kier alpha value is -3.49. The molecule has 0 aliphatic rings. The van der Waals surface area contributed by atoms with E-state index in [1.54, 1.807) is 23.0 Å². The van der Waals surface area contributed by atoms with Gasteiger partial charge in [-0.3, -0.25) is 4.79 Å². The zero-order chi connectivity index (χ0) is 20.3. The van der Waals surface area contributed by atoms with Gasteiger partial charge < -0.3 is 19.3 Å². The Bertz CT molecular complexity index is 988. The van der Waals surface area contributed by atoms with Gasteiger partial charge in [0, 0.05) is 37.7 Å². The van der Waals surface area contributed by atoms with Gasteiger partial charge in [-0.15, -0.1) is 0 Å². The summed E-state index contributed by atoms with van der Waals surface area (Å²) < 4.78 is 6.91. The molecule has 0 spiro atoms. The predicted molar refractivity (Wildman–Crippen MR) is 98.0 cm³/mol. The highest BCUT2D eigenvalue weighted by molar-refractivity contribution is 5.92. The molecule has 2 N–H and O–H groups in total. The lowest BCUT2D eigenvalue weighted by molar-refractivity contribution is -0.118. The topological polar surface area (TPSA) is 131 Å².